The Balaban J connectivity index is 1.93. The number of sulfonamides is 1. The molecule has 0 saturated carbocycles. The second-order valence-electron chi connectivity index (χ2n) is 5.27. The van der Waals surface area contributed by atoms with Crippen molar-refractivity contribution in [2.45, 2.75) is 19.4 Å². The van der Waals surface area contributed by atoms with Crippen molar-refractivity contribution in [3.8, 4) is 0 Å². The van der Waals surface area contributed by atoms with Crippen molar-refractivity contribution in [3.63, 3.8) is 0 Å². The lowest BCUT2D eigenvalue weighted by molar-refractivity contribution is -0.126. The third-order valence-corrected chi connectivity index (χ3v) is 4.90. The van der Waals surface area contributed by atoms with E-state index < -0.39 is 10.0 Å². The summed E-state index contributed by atoms with van der Waals surface area (Å²) in [5, 5.41) is 2.68. The number of hydrogen-bond donors (Lipinski definition) is 1. The first-order chi connectivity index (χ1) is 9.88. The van der Waals surface area contributed by atoms with E-state index in [1.54, 1.807) is 18.2 Å². The number of nitrogens with zero attached hydrogens (tertiary/aromatic N) is 1. The van der Waals surface area contributed by atoms with E-state index >= 15 is 0 Å². The Morgan fingerprint density at radius 2 is 2.14 bits per heavy atom. The summed E-state index contributed by atoms with van der Waals surface area (Å²) in [5.74, 6) is -0.967. The van der Waals surface area contributed by atoms with Gasteiger partial charge in [-0.1, -0.05) is 18.2 Å². The number of halogens is 1. The number of hydrogen-bond acceptors (Lipinski definition) is 3. The maximum atomic E-state index is 13.5. The molecule has 1 unspecified atom stereocenters. The number of piperidine rings is 1. The highest BCUT2D eigenvalue weighted by Crippen LogP contribution is 2.19. The monoisotopic (exact) mass is 314 g/mol. The van der Waals surface area contributed by atoms with E-state index in [1.165, 1.54) is 10.4 Å². The fourth-order valence-electron chi connectivity index (χ4n) is 2.43. The van der Waals surface area contributed by atoms with Crippen LogP contribution in [-0.4, -0.2) is 38.0 Å². The molecule has 5 nitrogen and oxygen atoms in total. The molecular weight excluding hydrogens is 295 g/mol. The molecule has 1 N–H and O–H groups in total. The van der Waals surface area contributed by atoms with Crippen LogP contribution in [0.15, 0.2) is 24.3 Å². The van der Waals surface area contributed by atoms with Gasteiger partial charge in [0.15, 0.2) is 0 Å². The zero-order valence-corrected chi connectivity index (χ0v) is 12.7. The normalized spacial score (nSPS) is 20.2. The highest BCUT2D eigenvalue weighted by molar-refractivity contribution is 7.88. The number of carbonyl (C=O) groups is 1. The quantitative estimate of drug-likeness (QED) is 0.905. The van der Waals surface area contributed by atoms with Crippen LogP contribution in [0.1, 0.15) is 18.4 Å². The molecule has 1 atom stereocenters. The molecule has 7 heteroatoms. The van der Waals surface area contributed by atoms with Crippen molar-refractivity contribution in [1.29, 1.82) is 0 Å². The lowest BCUT2D eigenvalue weighted by Gasteiger charge is -2.30. The van der Waals surface area contributed by atoms with Gasteiger partial charge in [-0.2, -0.15) is 0 Å². The minimum atomic E-state index is -3.27. The number of rotatable bonds is 4. The molecule has 116 valence electrons. The molecule has 0 spiro atoms. The van der Waals surface area contributed by atoms with Crippen molar-refractivity contribution in [3.05, 3.63) is 35.6 Å². The summed E-state index contributed by atoms with van der Waals surface area (Å²) < 4.78 is 37.8. The first-order valence-electron chi connectivity index (χ1n) is 6.84. The summed E-state index contributed by atoms with van der Waals surface area (Å²) in [7, 11) is -3.27. The van der Waals surface area contributed by atoms with Crippen LogP contribution in [0.3, 0.4) is 0 Å². The Morgan fingerprint density at radius 3 is 2.81 bits per heavy atom. The van der Waals surface area contributed by atoms with Crippen molar-refractivity contribution in [2.24, 2.45) is 5.92 Å². The number of amides is 1. The van der Waals surface area contributed by atoms with E-state index in [4.69, 9.17) is 0 Å². The molecule has 2 rings (SSSR count). The lowest BCUT2D eigenvalue weighted by atomic mass is 9.98. The SMILES string of the molecule is CS(=O)(=O)N1CCCC(C(=O)NCc2ccccc2F)C1. The van der Waals surface area contributed by atoms with Crippen molar-refractivity contribution in [2.75, 3.05) is 19.3 Å². The van der Waals surface area contributed by atoms with Gasteiger partial charge in [0.1, 0.15) is 5.82 Å². The summed E-state index contributed by atoms with van der Waals surface area (Å²) in [4.78, 5) is 12.1. The van der Waals surface area contributed by atoms with E-state index in [-0.39, 0.29) is 30.7 Å². The zero-order valence-electron chi connectivity index (χ0n) is 11.9. The summed E-state index contributed by atoms with van der Waals surface area (Å²) in [6.45, 7) is 0.763. The van der Waals surface area contributed by atoms with Gasteiger partial charge < -0.3 is 5.32 Å². The highest BCUT2D eigenvalue weighted by Gasteiger charge is 2.29. The molecule has 1 heterocycles. The van der Waals surface area contributed by atoms with Crippen LogP contribution in [0.25, 0.3) is 0 Å². The van der Waals surface area contributed by atoms with Gasteiger partial charge in [0, 0.05) is 25.2 Å². The molecule has 1 aliphatic heterocycles. The van der Waals surface area contributed by atoms with E-state index in [2.05, 4.69) is 5.32 Å². The predicted molar refractivity (Wildman–Crippen MR) is 77.4 cm³/mol. The third kappa shape index (κ3) is 4.25. The van der Waals surface area contributed by atoms with Crippen LogP contribution in [0.5, 0.6) is 0 Å². The van der Waals surface area contributed by atoms with Gasteiger partial charge in [0.2, 0.25) is 15.9 Å². The van der Waals surface area contributed by atoms with Crippen LogP contribution in [0.4, 0.5) is 4.39 Å². The average Bonchev–Trinajstić information content (AvgIpc) is 2.45. The molecule has 21 heavy (non-hydrogen) atoms. The Labute approximate surface area is 124 Å². The molecule has 0 radical (unpaired) electrons. The smallest absolute Gasteiger partial charge is 0.224 e. The minimum Gasteiger partial charge on any atom is -0.352 e. The maximum Gasteiger partial charge on any atom is 0.224 e. The Morgan fingerprint density at radius 1 is 1.43 bits per heavy atom. The van der Waals surface area contributed by atoms with Gasteiger partial charge in [-0.3, -0.25) is 4.79 Å². The number of carbonyl (C=O) groups excluding carboxylic acids is 1. The predicted octanol–water partition coefficient (Wildman–Crippen LogP) is 1.11. The third-order valence-electron chi connectivity index (χ3n) is 3.63. The zero-order chi connectivity index (χ0) is 15.5. The minimum absolute atomic E-state index is 0.112. The van der Waals surface area contributed by atoms with Crippen LogP contribution in [0, 0.1) is 11.7 Å². The number of benzene rings is 1. The average molecular weight is 314 g/mol. The van der Waals surface area contributed by atoms with Crippen molar-refractivity contribution < 1.29 is 17.6 Å². The van der Waals surface area contributed by atoms with Gasteiger partial charge >= 0.3 is 0 Å². The summed E-state index contributed by atoms with van der Waals surface area (Å²) in [6, 6.07) is 6.25. The summed E-state index contributed by atoms with van der Waals surface area (Å²) >= 11 is 0. The van der Waals surface area contributed by atoms with E-state index in [1.807, 2.05) is 0 Å². The first kappa shape index (κ1) is 15.9. The van der Waals surface area contributed by atoms with E-state index in [9.17, 15) is 17.6 Å². The van der Waals surface area contributed by atoms with Crippen LogP contribution < -0.4 is 5.32 Å². The molecule has 0 aromatic heterocycles. The first-order valence-corrected chi connectivity index (χ1v) is 8.69. The molecule has 1 saturated heterocycles. The van der Waals surface area contributed by atoms with Crippen molar-refractivity contribution in [1.82, 2.24) is 9.62 Å². The molecule has 1 fully saturated rings. The molecule has 0 bridgehead atoms. The number of nitrogens with one attached hydrogen (secondary N) is 1. The van der Waals surface area contributed by atoms with Gasteiger partial charge in [-0.25, -0.2) is 17.1 Å². The largest absolute Gasteiger partial charge is 0.352 e. The maximum absolute atomic E-state index is 13.5. The second kappa shape index (κ2) is 6.53. The van der Waals surface area contributed by atoms with Gasteiger partial charge in [-0.15, -0.1) is 0 Å². The topological polar surface area (TPSA) is 66.5 Å². The van der Waals surface area contributed by atoms with Gasteiger partial charge in [0.05, 0.1) is 12.2 Å². The molecule has 1 aromatic rings. The van der Waals surface area contributed by atoms with Gasteiger partial charge in [-0.05, 0) is 18.9 Å². The van der Waals surface area contributed by atoms with Crippen LogP contribution >= 0.6 is 0 Å². The van der Waals surface area contributed by atoms with Crippen LogP contribution in [-0.2, 0) is 21.4 Å². The Bertz CT molecular complexity index is 618. The fraction of sp³-hybridized carbons (Fsp3) is 0.500. The lowest BCUT2D eigenvalue weighted by Crippen LogP contribution is -2.44. The van der Waals surface area contributed by atoms with E-state index in [0.717, 1.165) is 6.26 Å². The fourth-order valence-corrected chi connectivity index (χ4v) is 3.34. The molecule has 0 aliphatic carbocycles. The summed E-state index contributed by atoms with van der Waals surface area (Å²) in [6.07, 6.45) is 2.45. The molecule has 1 amide bonds. The Hall–Kier alpha value is -1.47. The van der Waals surface area contributed by atoms with Crippen molar-refractivity contribution >= 4 is 15.9 Å². The van der Waals surface area contributed by atoms with E-state index in [0.29, 0.717) is 24.9 Å². The molecule has 1 aliphatic rings. The second-order valence-corrected chi connectivity index (χ2v) is 7.25. The van der Waals surface area contributed by atoms with Gasteiger partial charge in [0.25, 0.3) is 0 Å². The highest BCUT2D eigenvalue weighted by atomic mass is 32.2. The van der Waals surface area contributed by atoms with Crippen LogP contribution in [0.2, 0.25) is 0 Å². The molecular formula is C14H19FN2O3S. The molecule has 1 aromatic carbocycles. The Kier molecular flexibility index (Phi) is 4.95. The standard InChI is InChI=1S/C14H19FN2O3S/c1-21(19,20)17-8-4-6-12(10-17)14(18)16-9-11-5-2-3-7-13(11)15/h2-3,5,7,12H,4,6,8-10H2,1H3,(H,16,18). The summed E-state index contributed by atoms with van der Waals surface area (Å²) in [5.41, 5.74) is 0.418.